The van der Waals surface area contributed by atoms with Crippen LogP contribution in [0.4, 0.5) is 0 Å². The Morgan fingerprint density at radius 1 is 0.400 bits per heavy atom. The molecule has 6 rings (SSSR count). The summed E-state index contributed by atoms with van der Waals surface area (Å²) in [4.78, 5) is 0. The van der Waals surface area contributed by atoms with Gasteiger partial charge in [0.15, 0.2) is 0 Å². The number of rotatable bonds is 4. The highest BCUT2D eigenvalue weighted by molar-refractivity contribution is 5.10. The Hall–Kier alpha value is -0.520. The van der Waals surface area contributed by atoms with Crippen LogP contribution in [0.3, 0.4) is 0 Å². The van der Waals surface area contributed by atoms with Gasteiger partial charge in [0.05, 0.1) is 12.2 Å². The lowest BCUT2D eigenvalue weighted by molar-refractivity contribution is -0.147. The molecule has 0 amide bonds. The molecule has 0 aromatic rings. The van der Waals surface area contributed by atoms with Crippen LogP contribution in [0.2, 0.25) is 0 Å². The normalized spacial score (nSPS) is 45.8. The van der Waals surface area contributed by atoms with Crippen LogP contribution in [0, 0.1) is 59.2 Å². The maximum Gasteiger partial charge on any atom is 0.147 e. The van der Waals surface area contributed by atoms with Crippen molar-refractivity contribution in [2.24, 2.45) is 47.3 Å². The Morgan fingerprint density at radius 2 is 0.800 bits per heavy atom. The fourth-order valence-corrected chi connectivity index (χ4v) is 9.58. The van der Waals surface area contributed by atoms with Crippen LogP contribution in [-0.4, -0.2) is 19.0 Å². The molecule has 0 aliphatic heterocycles. The number of fused-ring (bicyclic) bond motifs is 3. The zero-order chi connectivity index (χ0) is 23.5. The molecule has 0 aromatic heterocycles. The van der Waals surface area contributed by atoms with Crippen molar-refractivity contribution in [3.05, 3.63) is 0 Å². The van der Waals surface area contributed by atoms with Crippen molar-refractivity contribution >= 4 is 0 Å². The molecule has 0 aromatic carbocycles. The molecule has 10 unspecified atom stereocenters. The van der Waals surface area contributed by atoms with E-state index in [1.54, 1.807) is 0 Å². The quantitative estimate of drug-likeness (QED) is 0.296. The first kappa shape index (κ1) is 24.8. The van der Waals surface area contributed by atoms with Crippen LogP contribution in [-0.2, 0) is 9.47 Å². The van der Waals surface area contributed by atoms with Crippen molar-refractivity contribution in [1.82, 2.24) is 0 Å². The van der Waals surface area contributed by atoms with Crippen LogP contribution in [0.5, 0.6) is 0 Å². The maximum atomic E-state index is 6.32. The minimum absolute atomic E-state index is 0.440. The fraction of sp³-hybridized carbons (Fsp3) is 0.939. The molecule has 0 radical (unpaired) electrons. The van der Waals surface area contributed by atoms with Crippen LogP contribution in [0.25, 0.3) is 0 Å². The first-order valence-electron chi connectivity index (χ1n) is 16.0. The molecule has 2 nitrogen and oxygen atoms in total. The molecule has 35 heavy (non-hydrogen) atoms. The standard InChI is InChI=1S/C33H52O2/c1-3-7-28-19-24(11-13-26(28)5-1)9-10-25-12-14-31-22-33(18-16-30(31)20-25)35-23-34-32-17-15-27-6-2-4-8-29(27)21-32/h24-33H,1-8,11-23H2. The third kappa shape index (κ3) is 6.32. The molecule has 6 aliphatic rings. The van der Waals surface area contributed by atoms with Crippen molar-refractivity contribution in [1.29, 1.82) is 0 Å². The van der Waals surface area contributed by atoms with Gasteiger partial charge in [0, 0.05) is 11.8 Å². The molecule has 6 fully saturated rings. The molecule has 0 saturated heterocycles. The summed E-state index contributed by atoms with van der Waals surface area (Å²) in [5.41, 5.74) is 0. The average Bonchev–Trinajstić information content (AvgIpc) is 2.91. The molecule has 196 valence electrons. The predicted molar refractivity (Wildman–Crippen MR) is 143 cm³/mol. The van der Waals surface area contributed by atoms with Gasteiger partial charge in [-0.1, -0.05) is 63.2 Å². The SMILES string of the molecule is C(#CC1CCC2CC(OCOC3CCC4CCCCC4C3)CCC2C1)C1CCC2CCCCC2C1. The summed E-state index contributed by atoms with van der Waals surface area (Å²) in [5.74, 6) is 14.8. The van der Waals surface area contributed by atoms with Gasteiger partial charge in [-0.2, -0.15) is 0 Å². The largest absolute Gasteiger partial charge is 0.352 e. The number of hydrogen-bond donors (Lipinski definition) is 0. The first-order chi connectivity index (χ1) is 17.3. The van der Waals surface area contributed by atoms with Gasteiger partial charge in [0.25, 0.3) is 0 Å². The Morgan fingerprint density at radius 3 is 1.40 bits per heavy atom. The summed E-state index contributed by atoms with van der Waals surface area (Å²) in [7, 11) is 0. The molecular formula is C33H52O2. The molecule has 10 atom stereocenters. The molecule has 0 heterocycles. The summed E-state index contributed by atoms with van der Waals surface area (Å²) >= 11 is 0. The lowest BCUT2D eigenvalue weighted by atomic mass is 9.66. The smallest absolute Gasteiger partial charge is 0.147 e. The number of hydrogen-bond acceptors (Lipinski definition) is 2. The third-order valence-electron chi connectivity index (χ3n) is 11.7. The van der Waals surface area contributed by atoms with Crippen molar-refractivity contribution < 1.29 is 9.47 Å². The lowest BCUT2D eigenvalue weighted by Gasteiger charge is -2.41. The van der Waals surface area contributed by atoms with Gasteiger partial charge in [-0.05, 0) is 113 Å². The van der Waals surface area contributed by atoms with Crippen molar-refractivity contribution in [3.8, 4) is 11.8 Å². The zero-order valence-corrected chi connectivity index (χ0v) is 22.4. The van der Waals surface area contributed by atoms with Gasteiger partial charge < -0.3 is 9.47 Å². The van der Waals surface area contributed by atoms with Gasteiger partial charge in [-0.3, -0.25) is 0 Å². The van der Waals surface area contributed by atoms with E-state index in [-0.39, 0.29) is 0 Å². The molecule has 6 aliphatic carbocycles. The Labute approximate surface area is 216 Å². The molecule has 0 bridgehead atoms. The van der Waals surface area contributed by atoms with Gasteiger partial charge in [-0.15, -0.1) is 0 Å². The summed E-state index contributed by atoms with van der Waals surface area (Å²) in [5, 5.41) is 0. The summed E-state index contributed by atoms with van der Waals surface area (Å²) < 4.78 is 12.6. The van der Waals surface area contributed by atoms with E-state index in [0.717, 1.165) is 35.5 Å². The predicted octanol–water partition coefficient (Wildman–Crippen LogP) is 8.53. The van der Waals surface area contributed by atoms with Crippen LogP contribution < -0.4 is 0 Å². The maximum absolute atomic E-state index is 6.32. The Bertz CT molecular complexity index is 735. The van der Waals surface area contributed by atoms with E-state index in [1.165, 1.54) is 128 Å². The van der Waals surface area contributed by atoms with Crippen molar-refractivity contribution in [2.75, 3.05) is 6.79 Å². The number of ether oxygens (including phenoxy) is 2. The first-order valence-corrected chi connectivity index (χ1v) is 16.0. The second-order valence-corrected chi connectivity index (χ2v) is 13.8. The molecule has 6 saturated carbocycles. The fourth-order valence-electron chi connectivity index (χ4n) is 9.58. The van der Waals surface area contributed by atoms with Gasteiger partial charge in [-0.25, -0.2) is 0 Å². The molecule has 2 heteroatoms. The van der Waals surface area contributed by atoms with Gasteiger partial charge >= 0.3 is 0 Å². The van der Waals surface area contributed by atoms with Gasteiger partial charge in [0.1, 0.15) is 6.79 Å². The summed E-state index contributed by atoms with van der Waals surface area (Å²) in [6.45, 7) is 0.543. The Balaban J connectivity index is 0.897. The van der Waals surface area contributed by atoms with Gasteiger partial charge in [0.2, 0.25) is 0 Å². The minimum atomic E-state index is 0.440. The Kier molecular flexibility index (Phi) is 8.43. The zero-order valence-electron chi connectivity index (χ0n) is 22.4. The second kappa shape index (κ2) is 11.9. The minimum Gasteiger partial charge on any atom is -0.352 e. The van der Waals surface area contributed by atoms with E-state index in [1.807, 2.05) is 0 Å². The monoisotopic (exact) mass is 480 g/mol. The third-order valence-corrected chi connectivity index (χ3v) is 11.7. The summed E-state index contributed by atoms with van der Waals surface area (Å²) in [6.07, 6.45) is 28.9. The van der Waals surface area contributed by atoms with E-state index in [4.69, 9.17) is 9.47 Å². The lowest BCUT2D eigenvalue weighted by Crippen LogP contribution is -2.35. The summed E-state index contributed by atoms with van der Waals surface area (Å²) in [6, 6.07) is 0. The highest BCUT2D eigenvalue weighted by Crippen LogP contribution is 2.45. The van der Waals surface area contributed by atoms with Crippen LogP contribution >= 0.6 is 0 Å². The highest BCUT2D eigenvalue weighted by atomic mass is 16.7. The van der Waals surface area contributed by atoms with Crippen LogP contribution in [0.15, 0.2) is 0 Å². The van der Waals surface area contributed by atoms with E-state index in [0.29, 0.717) is 30.8 Å². The average molecular weight is 481 g/mol. The molecular weight excluding hydrogens is 428 g/mol. The second-order valence-electron chi connectivity index (χ2n) is 13.8. The topological polar surface area (TPSA) is 18.5 Å². The van der Waals surface area contributed by atoms with Crippen molar-refractivity contribution in [2.45, 2.75) is 141 Å². The van der Waals surface area contributed by atoms with Crippen molar-refractivity contribution in [3.63, 3.8) is 0 Å². The van der Waals surface area contributed by atoms with E-state index < -0.39 is 0 Å². The molecule has 0 spiro atoms. The highest BCUT2D eigenvalue weighted by Gasteiger charge is 2.37. The van der Waals surface area contributed by atoms with E-state index in [9.17, 15) is 0 Å². The van der Waals surface area contributed by atoms with Crippen LogP contribution in [0.1, 0.15) is 128 Å². The van der Waals surface area contributed by atoms with E-state index >= 15 is 0 Å². The molecule has 0 N–H and O–H groups in total. The van der Waals surface area contributed by atoms with E-state index in [2.05, 4.69) is 11.8 Å².